The van der Waals surface area contributed by atoms with E-state index in [4.69, 9.17) is 26.3 Å². The number of hydrogen-bond donors (Lipinski definition) is 0. The van der Waals surface area contributed by atoms with Crippen molar-refractivity contribution in [1.29, 1.82) is 0 Å². The van der Waals surface area contributed by atoms with Crippen molar-refractivity contribution in [1.82, 2.24) is 14.3 Å². The van der Waals surface area contributed by atoms with Crippen LogP contribution in [0.25, 0.3) is 0 Å². The summed E-state index contributed by atoms with van der Waals surface area (Å²) in [4.78, 5) is 12.0. The van der Waals surface area contributed by atoms with Crippen LogP contribution in [0.3, 0.4) is 0 Å². The summed E-state index contributed by atoms with van der Waals surface area (Å²) >= 11 is 5.96. The summed E-state index contributed by atoms with van der Waals surface area (Å²) < 4.78 is 34.3. The molecule has 0 radical (unpaired) electrons. The van der Waals surface area contributed by atoms with Gasteiger partial charge in [0.05, 0.1) is 16.2 Å². The Kier molecular flexibility index (Phi) is 6.46. The molecule has 1 saturated heterocycles. The third-order valence-corrected chi connectivity index (χ3v) is 8.41. The lowest BCUT2D eigenvalue weighted by Gasteiger charge is -2.31. The fraction of sp³-hybridized carbons (Fsp3) is 0.360. The van der Waals surface area contributed by atoms with Crippen LogP contribution in [0.15, 0.2) is 53.4 Å². The number of nitrogens with zero attached hydrogens (tertiary/aromatic N) is 4. The molecule has 34 heavy (non-hydrogen) atoms. The van der Waals surface area contributed by atoms with Gasteiger partial charge in [-0.15, -0.1) is 0 Å². The Morgan fingerprint density at radius 1 is 0.912 bits per heavy atom. The number of halogens is 1. The van der Waals surface area contributed by atoms with Crippen LogP contribution >= 0.6 is 11.6 Å². The van der Waals surface area contributed by atoms with E-state index in [1.165, 1.54) is 22.9 Å². The fourth-order valence-electron chi connectivity index (χ4n) is 4.35. The second kappa shape index (κ2) is 9.52. The van der Waals surface area contributed by atoms with Crippen molar-refractivity contribution >= 4 is 27.6 Å². The van der Waals surface area contributed by atoms with Gasteiger partial charge in [0.1, 0.15) is 5.75 Å². The summed E-state index contributed by atoms with van der Waals surface area (Å²) in [7, 11) is -3.69. The highest BCUT2D eigenvalue weighted by atomic mass is 35.5. The minimum absolute atomic E-state index is 0.155. The number of benzene rings is 2. The van der Waals surface area contributed by atoms with Crippen LogP contribution in [0.2, 0.25) is 5.02 Å². The fourth-order valence-corrected chi connectivity index (χ4v) is 5.88. The first-order valence-electron chi connectivity index (χ1n) is 11.6. The van der Waals surface area contributed by atoms with Crippen molar-refractivity contribution in [3.63, 3.8) is 0 Å². The Bertz CT molecular complexity index is 1270. The van der Waals surface area contributed by atoms with Crippen molar-refractivity contribution in [2.75, 3.05) is 24.5 Å². The van der Waals surface area contributed by atoms with Gasteiger partial charge in [-0.2, -0.15) is 9.29 Å². The molecule has 2 aliphatic heterocycles. The molecule has 3 heterocycles. The lowest BCUT2D eigenvalue weighted by Crippen LogP contribution is -2.37. The summed E-state index contributed by atoms with van der Waals surface area (Å²) in [5.41, 5.74) is 2.69. The number of aryl methyl sites for hydroxylation is 1. The van der Waals surface area contributed by atoms with Crippen LogP contribution < -0.4 is 9.64 Å². The standard InChI is InChI=1S/C25H27ClN4O3S/c1-18-5-9-20(10-6-18)33-24-22-17-30(34(31,32)21-11-7-19(26)8-12-21)16-13-23(22)27-25(28-24)29-14-3-2-4-15-29/h5-12H,2-4,13-17H2,1H3. The summed E-state index contributed by atoms with van der Waals surface area (Å²) in [6.45, 7) is 4.35. The van der Waals surface area contributed by atoms with Crippen molar-refractivity contribution < 1.29 is 13.2 Å². The van der Waals surface area contributed by atoms with Gasteiger partial charge in [-0.05, 0) is 62.6 Å². The number of piperidine rings is 1. The highest BCUT2D eigenvalue weighted by Crippen LogP contribution is 2.34. The van der Waals surface area contributed by atoms with Gasteiger partial charge in [0.2, 0.25) is 21.9 Å². The van der Waals surface area contributed by atoms with E-state index in [2.05, 4.69) is 4.90 Å². The lowest BCUT2D eigenvalue weighted by molar-refractivity contribution is 0.369. The highest BCUT2D eigenvalue weighted by Gasteiger charge is 2.32. The van der Waals surface area contributed by atoms with Crippen LogP contribution in [-0.2, 0) is 23.0 Å². The lowest BCUT2D eigenvalue weighted by atomic mass is 10.1. The molecule has 1 aromatic heterocycles. The van der Waals surface area contributed by atoms with E-state index in [-0.39, 0.29) is 11.4 Å². The molecule has 0 N–H and O–H groups in total. The number of hydrogen-bond acceptors (Lipinski definition) is 6. The molecule has 0 bridgehead atoms. The van der Waals surface area contributed by atoms with E-state index in [1.807, 2.05) is 31.2 Å². The van der Waals surface area contributed by atoms with Crippen LogP contribution in [-0.4, -0.2) is 42.3 Å². The number of sulfonamides is 1. The average molecular weight is 499 g/mol. The third-order valence-electron chi connectivity index (χ3n) is 6.30. The second-order valence-electron chi connectivity index (χ2n) is 8.76. The smallest absolute Gasteiger partial charge is 0.243 e. The maximum Gasteiger partial charge on any atom is 0.243 e. The predicted octanol–water partition coefficient (Wildman–Crippen LogP) is 4.97. The molecule has 7 nitrogen and oxygen atoms in total. The van der Waals surface area contributed by atoms with E-state index < -0.39 is 10.0 Å². The average Bonchev–Trinajstić information content (AvgIpc) is 2.86. The molecule has 3 aromatic rings. The number of rotatable bonds is 5. The maximum atomic E-state index is 13.3. The Morgan fingerprint density at radius 2 is 1.62 bits per heavy atom. The number of fused-ring (bicyclic) bond motifs is 1. The first-order valence-corrected chi connectivity index (χ1v) is 13.4. The van der Waals surface area contributed by atoms with Crippen LogP contribution in [0.1, 0.15) is 36.1 Å². The van der Waals surface area contributed by atoms with Crippen molar-refractivity contribution in [2.24, 2.45) is 0 Å². The highest BCUT2D eigenvalue weighted by molar-refractivity contribution is 7.89. The molecule has 0 spiro atoms. The second-order valence-corrected chi connectivity index (χ2v) is 11.1. The summed E-state index contributed by atoms with van der Waals surface area (Å²) in [6, 6.07) is 14.0. The van der Waals surface area contributed by atoms with Crippen molar-refractivity contribution in [3.8, 4) is 11.6 Å². The van der Waals surface area contributed by atoms with Gasteiger partial charge >= 0.3 is 0 Å². The van der Waals surface area contributed by atoms with Gasteiger partial charge in [-0.25, -0.2) is 13.4 Å². The monoisotopic (exact) mass is 498 g/mol. The Hall–Kier alpha value is -2.68. The van der Waals surface area contributed by atoms with Crippen LogP contribution in [0.5, 0.6) is 11.6 Å². The van der Waals surface area contributed by atoms with E-state index in [1.54, 1.807) is 12.1 Å². The van der Waals surface area contributed by atoms with Gasteiger partial charge in [0, 0.05) is 37.6 Å². The molecular formula is C25H27ClN4O3S. The summed E-state index contributed by atoms with van der Waals surface area (Å²) in [6.07, 6.45) is 3.94. The minimum Gasteiger partial charge on any atom is -0.439 e. The van der Waals surface area contributed by atoms with E-state index in [9.17, 15) is 8.42 Å². The van der Waals surface area contributed by atoms with Gasteiger partial charge < -0.3 is 9.64 Å². The topological polar surface area (TPSA) is 75.6 Å². The maximum absolute atomic E-state index is 13.3. The molecule has 0 amide bonds. The third kappa shape index (κ3) is 4.76. The van der Waals surface area contributed by atoms with Gasteiger partial charge in [-0.3, -0.25) is 0 Å². The predicted molar refractivity (Wildman–Crippen MR) is 132 cm³/mol. The zero-order valence-electron chi connectivity index (χ0n) is 19.1. The normalized spacial score (nSPS) is 16.8. The molecule has 9 heteroatoms. The SMILES string of the molecule is Cc1ccc(Oc2nc(N3CCCCC3)nc3c2CN(S(=O)(=O)c2ccc(Cl)cc2)CC3)cc1. The molecule has 2 aromatic carbocycles. The number of anilines is 1. The van der Waals surface area contributed by atoms with E-state index in [0.717, 1.165) is 37.2 Å². The van der Waals surface area contributed by atoms with E-state index in [0.29, 0.717) is 41.1 Å². The Balaban J connectivity index is 1.51. The molecule has 5 rings (SSSR count). The largest absolute Gasteiger partial charge is 0.439 e. The Morgan fingerprint density at radius 3 is 2.32 bits per heavy atom. The zero-order valence-corrected chi connectivity index (χ0v) is 20.6. The van der Waals surface area contributed by atoms with Gasteiger partial charge in [0.15, 0.2) is 0 Å². The van der Waals surface area contributed by atoms with Crippen molar-refractivity contribution in [2.45, 2.75) is 44.0 Å². The first-order chi connectivity index (χ1) is 16.4. The van der Waals surface area contributed by atoms with E-state index >= 15 is 0 Å². The molecule has 0 unspecified atom stereocenters. The summed E-state index contributed by atoms with van der Waals surface area (Å²) in [5.74, 6) is 1.74. The minimum atomic E-state index is -3.69. The molecule has 1 fully saturated rings. The molecule has 178 valence electrons. The number of aromatic nitrogens is 2. The summed E-state index contributed by atoms with van der Waals surface area (Å²) in [5, 5.41) is 0.496. The molecule has 2 aliphatic rings. The first kappa shape index (κ1) is 23.1. The Labute approximate surface area is 205 Å². The van der Waals surface area contributed by atoms with Crippen LogP contribution in [0, 0.1) is 6.92 Å². The molecular weight excluding hydrogens is 472 g/mol. The number of ether oxygens (including phenoxy) is 1. The zero-order chi connectivity index (χ0) is 23.7. The van der Waals surface area contributed by atoms with Crippen molar-refractivity contribution in [3.05, 3.63) is 70.4 Å². The molecule has 0 atom stereocenters. The van der Waals surface area contributed by atoms with Crippen LogP contribution in [0.4, 0.5) is 5.95 Å². The quantitative estimate of drug-likeness (QED) is 0.494. The van der Waals surface area contributed by atoms with Gasteiger partial charge in [0.25, 0.3) is 0 Å². The molecule has 0 aliphatic carbocycles. The molecule has 0 saturated carbocycles. The van der Waals surface area contributed by atoms with Gasteiger partial charge in [-0.1, -0.05) is 29.3 Å².